The van der Waals surface area contributed by atoms with Gasteiger partial charge >= 0.3 is 5.97 Å². The van der Waals surface area contributed by atoms with Gasteiger partial charge in [-0.3, -0.25) is 9.69 Å². The van der Waals surface area contributed by atoms with Crippen LogP contribution in [0.25, 0.3) is 6.08 Å². The van der Waals surface area contributed by atoms with Gasteiger partial charge in [0.2, 0.25) is 9.37 Å². The lowest BCUT2D eigenvalue weighted by atomic mass is 10.2. The van der Waals surface area contributed by atoms with Crippen LogP contribution in [-0.4, -0.2) is 35.0 Å². The molecule has 3 aromatic carbocycles. The van der Waals surface area contributed by atoms with Gasteiger partial charge in [0.05, 0.1) is 24.3 Å². The molecule has 5 rings (SSSR count). The normalized spacial score (nSPS) is 20.2. The van der Waals surface area contributed by atoms with Crippen molar-refractivity contribution in [2.45, 2.75) is 11.3 Å². The third kappa shape index (κ3) is 4.36. The minimum absolute atomic E-state index is 0.184. The van der Waals surface area contributed by atoms with Gasteiger partial charge in [0, 0.05) is 5.69 Å². The van der Waals surface area contributed by atoms with Gasteiger partial charge in [-0.2, -0.15) is 5.10 Å². The Balaban J connectivity index is 1.64. The molecule has 0 bridgehead atoms. The van der Waals surface area contributed by atoms with Crippen molar-refractivity contribution in [2.75, 3.05) is 23.6 Å². The van der Waals surface area contributed by atoms with Crippen molar-refractivity contribution in [1.82, 2.24) is 0 Å². The Bertz CT molecular complexity index is 1330. The molecule has 9 heteroatoms. The molecular weight excluding hydrogens is 494 g/mol. The lowest BCUT2D eigenvalue weighted by Gasteiger charge is -2.38. The lowest BCUT2D eigenvalue weighted by molar-refractivity contribution is -0.134. The molecule has 36 heavy (non-hydrogen) atoms. The van der Waals surface area contributed by atoms with E-state index in [4.69, 9.17) is 9.47 Å². The molecule has 182 valence electrons. The molecule has 0 aromatic heterocycles. The second kappa shape index (κ2) is 10.1. The number of nitrogens with zero attached hydrogens (tertiary/aromatic N) is 3. The number of carbonyl (C=O) groups is 2. The lowest BCUT2D eigenvalue weighted by Crippen LogP contribution is -2.51. The molecule has 1 saturated heterocycles. The molecular formula is C27H23N3O4S2. The third-order valence-electron chi connectivity index (χ3n) is 5.51. The van der Waals surface area contributed by atoms with Gasteiger partial charge in [-0.25, -0.2) is 9.80 Å². The van der Waals surface area contributed by atoms with E-state index in [1.165, 1.54) is 23.5 Å². The first kappa shape index (κ1) is 24.0. The van der Waals surface area contributed by atoms with Crippen molar-refractivity contribution in [2.24, 2.45) is 5.10 Å². The number of thioether (sulfide) groups is 2. The fourth-order valence-corrected chi connectivity index (χ4v) is 6.76. The highest BCUT2D eigenvalue weighted by Crippen LogP contribution is 2.59. The van der Waals surface area contributed by atoms with Crippen molar-refractivity contribution < 1.29 is 19.1 Å². The number of amides is 1. The Morgan fingerprint density at radius 2 is 1.58 bits per heavy atom. The van der Waals surface area contributed by atoms with Gasteiger partial charge in [-0.05, 0) is 66.7 Å². The van der Waals surface area contributed by atoms with Crippen molar-refractivity contribution in [3.8, 4) is 5.75 Å². The Morgan fingerprint density at radius 1 is 0.944 bits per heavy atom. The van der Waals surface area contributed by atoms with E-state index in [0.29, 0.717) is 10.6 Å². The van der Waals surface area contributed by atoms with Crippen LogP contribution >= 0.6 is 23.5 Å². The summed E-state index contributed by atoms with van der Waals surface area (Å²) in [6.45, 7) is 1.98. The number of esters is 1. The van der Waals surface area contributed by atoms with Gasteiger partial charge < -0.3 is 9.47 Å². The van der Waals surface area contributed by atoms with Crippen molar-refractivity contribution >= 4 is 57.9 Å². The van der Waals surface area contributed by atoms with Crippen molar-refractivity contribution in [3.05, 3.63) is 95.4 Å². The minimum Gasteiger partial charge on any atom is -0.497 e. The summed E-state index contributed by atoms with van der Waals surface area (Å²) in [6.07, 6.45) is 1.85. The highest BCUT2D eigenvalue weighted by atomic mass is 32.2. The van der Waals surface area contributed by atoms with Crippen LogP contribution < -0.4 is 14.6 Å². The van der Waals surface area contributed by atoms with Crippen LogP contribution in [0.2, 0.25) is 0 Å². The number of benzene rings is 3. The molecule has 2 aliphatic rings. The molecule has 0 aliphatic carbocycles. The second-order valence-electron chi connectivity index (χ2n) is 7.78. The van der Waals surface area contributed by atoms with Crippen LogP contribution in [0.15, 0.2) is 94.9 Å². The van der Waals surface area contributed by atoms with Crippen LogP contribution in [0.1, 0.15) is 12.5 Å². The Labute approximate surface area is 217 Å². The maximum Gasteiger partial charge on any atom is 0.365 e. The zero-order valence-electron chi connectivity index (χ0n) is 19.7. The summed E-state index contributed by atoms with van der Waals surface area (Å²) in [4.78, 5) is 29.0. The van der Waals surface area contributed by atoms with Gasteiger partial charge in [0.15, 0.2) is 0 Å². The summed E-state index contributed by atoms with van der Waals surface area (Å²) < 4.78 is 9.43. The summed E-state index contributed by atoms with van der Waals surface area (Å²) in [7, 11) is 1.61. The average Bonchev–Trinajstić information content (AvgIpc) is 3.42. The highest BCUT2D eigenvalue weighted by molar-refractivity contribution is 8.29. The number of anilines is 2. The van der Waals surface area contributed by atoms with E-state index < -0.39 is 10.3 Å². The molecule has 0 saturated carbocycles. The molecule has 1 unspecified atom stereocenters. The standard InChI is InChI=1S/C27H23N3O4S2/c1-3-34-26(32)24-28-30(21-12-8-5-9-13-21)27(36-24)29(20-10-6-4-7-11-20)25(31)23(35-27)18-19-14-16-22(33-2)17-15-19/h4-18H,3H2,1-2H3/b23-18+. The van der Waals surface area contributed by atoms with Crippen LogP contribution in [0.4, 0.5) is 11.4 Å². The van der Waals surface area contributed by atoms with Gasteiger partial charge in [0.25, 0.3) is 5.91 Å². The Morgan fingerprint density at radius 3 is 2.19 bits per heavy atom. The maximum absolute atomic E-state index is 14.0. The number of ether oxygens (including phenoxy) is 2. The first-order chi connectivity index (χ1) is 17.6. The van der Waals surface area contributed by atoms with E-state index in [-0.39, 0.29) is 17.6 Å². The van der Waals surface area contributed by atoms with E-state index in [1.807, 2.05) is 91.0 Å². The second-order valence-corrected chi connectivity index (χ2v) is 10.4. The first-order valence-electron chi connectivity index (χ1n) is 11.3. The molecule has 7 nitrogen and oxygen atoms in total. The molecule has 1 fully saturated rings. The number of hydrogen-bond donors (Lipinski definition) is 0. The largest absolute Gasteiger partial charge is 0.497 e. The predicted octanol–water partition coefficient (Wildman–Crippen LogP) is 5.56. The monoisotopic (exact) mass is 517 g/mol. The van der Waals surface area contributed by atoms with Crippen molar-refractivity contribution in [1.29, 1.82) is 0 Å². The van der Waals surface area contributed by atoms with Gasteiger partial charge in [-0.15, -0.1) is 0 Å². The molecule has 0 radical (unpaired) electrons. The fraction of sp³-hybridized carbons (Fsp3) is 0.148. The molecule has 1 atom stereocenters. The molecule has 0 N–H and O–H groups in total. The van der Waals surface area contributed by atoms with E-state index in [1.54, 1.807) is 23.9 Å². The third-order valence-corrected chi connectivity index (χ3v) is 8.20. The summed E-state index contributed by atoms with van der Waals surface area (Å²) in [5, 5.41) is 6.58. The fourth-order valence-electron chi connectivity index (χ4n) is 3.88. The highest BCUT2D eigenvalue weighted by Gasteiger charge is 2.60. The SMILES string of the molecule is CCOC(=O)C1=NN(c2ccccc2)C2(S1)S/C(=C/c1ccc(OC)cc1)C(=O)N2c1ccccc1. The zero-order chi connectivity index (χ0) is 25.1. The van der Waals surface area contributed by atoms with Crippen LogP contribution in [0.5, 0.6) is 5.75 Å². The number of para-hydroxylation sites is 2. The van der Waals surface area contributed by atoms with Crippen LogP contribution in [0, 0.1) is 0 Å². The number of hydrazone groups is 1. The Kier molecular flexibility index (Phi) is 6.75. The number of carbonyl (C=O) groups excluding carboxylic acids is 2. The summed E-state index contributed by atoms with van der Waals surface area (Å²) in [6, 6.07) is 26.4. The van der Waals surface area contributed by atoms with E-state index in [2.05, 4.69) is 5.10 Å². The van der Waals surface area contributed by atoms with Crippen LogP contribution in [-0.2, 0) is 14.3 Å². The molecule has 2 aliphatic heterocycles. The molecule has 1 amide bonds. The summed E-state index contributed by atoms with van der Waals surface area (Å²) >= 11 is 2.56. The van der Waals surface area contributed by atoms with E-state index in [0.717, 1.165) is 17.0 Å². The molecule has 2 heterocycles. The summed E-state index contributed by atoms with van der Waals surface area (Å²) in [5.41, 5.74) is 2.30. The average molecular weight is 518 g/mol. The smallest absolute Gasteiger partial charge is 0.365 e. The van der Waals surface area contributed by atoms with Crippen molar-refractivity contribution in [3.63, 3.8) is 0 Å². The molecule has 3 aromatic rings. The van der Waals surface area contributed by atoms with Crippen LogP contribution in [0.3, 0.4) is 0 Å². The number of hydrogen-bond acceptors (Lipinski definition) is 8. The Hall–Kier alpha value is -3.69. The number of rotatable bonds is 6. The first-order valence-corrected chi connectivity index (χ1v) is 12.9. The van der Waals surface area contributed by atoms with Gasteiger partial charge in [0.1, 0.15) is 5.75 Å². The maximum atomic E-state index is 14.0. The van der Waals surface area contributed by atoms with E-state index >= 15 is 0 Å². The topological polar surface area (TPSA) is 71.4 Å². The number of methoxy groups -OCH3 is 1. The quantitative estimate of drug-likeness (QED) is 0.313. The molecule has 1 spiro atoms. The minimum atomic E-state index is -1.10. The predicted molar refractivity (Wildman–Crippen MR) is 146 cm³/mol. The van der Waals surface area contributed by atoms with E-state index in [9.17, 15) is 9.59 Å². The van der Waals surface area contributed by atoms with Gasteiger partial charge in [-0.1, -0.05) is 60.3 Å². The zero-order valence-corrected chi connectivity index (χ0v) is 21.3. The summed E-state index contributed by atoms with van der Waals surface area (Å²) in [5.74, 6) is 0.0312.